The monoisotopic (exact) mass is 438 g/mol. The molecule has 2 aliphatic rings. The van der Waals surface area contributed by atoms with Crippen molar-refractivity contribution in [1.29, 1.82) is 0 Å². The largest absolute Gasteiger partial charge is 0.349 e. The van der Waals surface area contributed by atoms with Crippen LogP contribution in [0.2, 0.25) is 0 Å². The molecule has 0 unspecified atom stereocenters. The van der Waals surface area contributed by atoms with Gasteiger partial charge in [0.25, 0.3) is 5.91 Å². The zero-order valence-electron chi connectivity index (χ0n) is 17.4. The van der Waals surface area contributed by atoms with E-state index in [4.69, 9.17) is 5.10 Å². The van der Waals surface area contributed by atoms with Crippen LogP contribution in [0.1, 0.15) is 72.8 Å². The number of hydrogen-bond acceptors (Lipinski definition) is 4. The van der Waals surface area contributed by atoms with E-state index in [0.717, 1.165) is 40.1 Å². The van der Waals surface area contributed by atoms with Crippen LogP contribution in [0, 0.1) is 12.8 Å². The van der Waals surface area contributed by atoms with Crippen molar-refractivity contribution in [2.75, 3.05) is 14.1 Å². The first kappa shape index (κ1) is 22.1. The van der Waals surface area contributed by atoms with Gasteiger partial charge in [0.2, 0.25) is 5.91 Å². The molecule has 0 radical (unpaired) electrons. The standard InChI is InChI=1S/C21H30N4O2S.ClH/c1-13-17-12-18(28-21(17)25(23-13)16-7-5-4-6-8-16)19(26)22-15-10-9-14(11-15)20(27)24(2)3;/h12,14-16H,4-11H2,1-3H3,(H,22,26);1H/t14-,15-;/m0./s1. The van der Waals surface area contributed by atoms with Crippen LogP contribution in [0.3, 0.4) is 0 Å². The minimum atomic E-state index is -0.0150. The Kier molecular flexibility index (Phi) is 6.89. The molecule has 2 amide bonds. The number of fused-ring (bicyclic) bond motifs is 1. The second-order valence-electron chi connectivity index (χ2n) is 8.56. The first-order valence-corrected chi connectivity index (χ1v) is 11.3. The quantitative estimate of drug-likeness (QED) is 0.772. The number of hydrogen-bond donors (Lipinski definition) is 1. The molecule has 2 atom stereocenters. The number of carbonyl (C=O) groups excluding carboxylic acids is 2. The van der Waals surface area contributed by atoms with Gasteiger partial charge in [-0.1, -0.05) is 19.3 Å². The minimum Gasteiger partial charge on any atom is -0.349 e. The minimum absolute atomic E-state index is 0. The van der Waals surface area contributed by atoms with Crippen molar-refractivity contribution >= 4 is 45.8 Å². The maximum atomic E-state index is 12.9. The van der Waals surface area contributed by atoms with Crippen molar-refractivity contribution in [1.82, 2.24) is 20.0 Å². The van der Waals surface area contributed by atoms with Crippen molar-refractivity contribution in [3.05, 3.63) is 16.6 Å². The molecule has 0 aromatic carbocycles. The van der Waals surface area contributed by atoms with Gasteiger partial charge in [-0.05, 0) is 45.1 Å². The molecule has 1 N–H and O–H groups in total. The molecule has 4 rings (SSSR count). The topological polar surface area (TPSA) is 67.2 Å². The Hall–Kier alpha value is -1.60. The predicted octanol–water partition coefficient (Wildman–Crippen LogP) is 4.32. The third-order valence-corrected chi connectivity index (χ3v) is 7.39. The summed E-state index contributed by atoms with van der Waals surface area (Å²) in [6, 6.07) is 2.55. The van der Waals surface area contributed by atoms with Crippen LogP contribution >= 0.6 is 23.7 Å². The van der Waals surface area contributed by atoms with Crippen molar-refractivity contribution in [3.63, 3.8) is 0 Å². The number of rotatable bonds is 4. The maximum absolute atomic E-state index is 12.9. The number of nitrogens with one attached hydrogen (secondary N) is 1. The van der Waals surface area contributed by atoms with E-state index in [1.165, 1.54) is 32.1 Å². The summed E-state index contributed by atoms with van der Waals surface area (Å²) in [4.78, 5) is 28.5. The Morgan fingerprint density at radius 2 is 1.90 bits per heavy atom. The van der Waals surface area contributed by atoms with Crippen LogP contribution in [0.5, 0.6) is 0 Å². The highest BCUT2D eigenvalue weighted by Crippen LogP contribution is 2.35. The second-order valence-corrected chi connectivity index (χ2v) is 9.59. The summed E-state index contributed by atoms with van der Waals surface area (Å²) < 4.78 is 2.17. The van der Waals surface area contributed by atoms with Crippen LogP contribution in [0.4, 0.5) is 0 Å². The molecule has 2 heterocycles. The molecular formula is C21H31ClN4O2S. The average molecular weight is 439 g/mol. The summed E-state index contributed by atoms with van der Waals surface area (Å²) in [6.07, 6.45) is 8.66. The molecule has 0 aliphatic heterocycles. The summed E-state index contributed by atoms with van der Waals surface area (Å²) in [5, 5.41) is 9.04. The van der Waals surface area contributed by atoms with E-state index in [1.807, 2.05) is 13.0 Å². The molecule has 2 saturated carbocycles. The number of aromatic nitrogens is 2. The Balaban J connectivity index is 0.00000240. The molecule has 2 aromatic rings. The zero-order valence-corrected chi connectivity index (χ0v) is 19.1. The molecule has 6 nitrogen and oxygen atoms in total. The summed E-state index contributed by atoms with van der Waals surface area (Å²) in [5.41, 5.74) is 1.01. The average Bonchev–Trinajstić information content (AvgIpc) is 3.38. The van der Waals surface area contributed by atoms with Gasteiger partial charge >= 0.3 is 0 Å². The predicted molar refractivity (Wildman–Crippen MR) is 119 cm³/mol. The van der Waals surface area contributed by atoms with Gasteiger partial charge in [0.1, 0.15) is 4.83 Å². The molecule has 8 heteroatoms. The lowest BCUT2D eigenvalue weighted by atomic mass is 9.96. The second kappa shape index (κ2) is 9.04. The molecular weight excluding hydrogens is 408 g/mol. The molecule has 2 aromatic heterocycles. The lowest BCUT2D eigenvalue weighted by Gasteiger charge is -2.22. The summed E-state index contributed by atoms with van der Waals surface area (Å²) in [5.74, 6) is 0.186. The van der Waals surface area contributed by atoms with Crippen molar-refractivity contribution in [2.24, 2.45) is 5.92 Å². The first-order valence-electron chi connectivity index (χ1n) is 10.4. The third-order valence-electron chi connectivity index (χ3n) is 6.27. The number of thiophene rings is 1. The van der Waals surface area contributed by atoms with E-state index in [1.54, 1.807) is 30.3 Å². The normalized spacial score (nSPS) is 22.4. The van der Waals surface area contributed by atoms with E-state index >= 15 is 0 Å². The van der Waals surface area contributed by atoms with Gasteiger partial charge in [0, 0.05) is 31.4 Å². The zero-order chi connectivity index (χ0) is 19.8. The number of amides is 2. The van der Waals surface area contributed by atoms with E-state index in [9.17, 15) is 9.59 Å². The molecule has 2 fully saturated rings. The highest BCUT2D eigenvalue weighted by molar-refractivity contribution is 7.20. The van der Waals surface area contributed by atoms with E-state index in [0.29, 0.717) is 6.04 Å². The van der Waals surface area contributed by atoms with E-state index in [-0.39, 0.29) is 36.2 Å². The molecule has 0 spiro atoms. The first-order chi connectivity index (χ1) is 13.4. The van der Waals surface area contributed by atoms with Crippen LogP contribution < -0.4 is 5.32 Å². The van der Waals surface area contributed by atoms with Crippen LogP contribution in [-0.4, -0.2) is 46.6 Å². The van der Waals surface area contributed by atoms with Gasteiger partial charge in [-0.2, -0.15) is 5.10 Å². The maximum Gasteiger partial charge on any atom is 0.261 e. The highest BCUT2D eigenvalue weighted by atomic mass is 35.5. The van der Waals surface area contributed by atoms with E-state index < -0.39 is 0 Å². The molecule has 2 aliphatic carbocycles. The number of halogens is 1. The molecule has 0 saturated heterocycles. The molecule has 29 heavy (non-hydrogen) atoms. The van der Waals surface area contributed by atoms with Crippen molar-refractivity contribution in [2.45, 2.75) is 70.4 Å². The fourth-order valence-electron chi connectivity index (χ4n) is 4.72. The van der Waals surface area contributed by atoms with Crippen molar-refractivity contribution in [3.8, 4) is 0 Å². The van der Waals surface area contributed by atoms with Gasteiger partial charge < -0.3 is 10.2 Å². The fraction of sp³-hybridized carbons (Fsp3) is 0.667. The van der Waals surface area contributed by atoms with E-state index in [2.05, 4.69) is 10.00 Å². The summed E-state index contributed by atoms with van der Waals surface area (Å²) >= 11 is 1.56. The van der Waals surface area contributed by atoms with Crippen LogP contribution in [0.15, 0.2) is 6.07 Å². The Morgan fingerprint density at radius 1 is 1.17 bits per heavy atom. The van der Waals surface area contributed by atoms with Gasteiger partial charge in [-0.25, -0.2) is 0 Å². The van der Waals surface area contributed by atoms with Crippen LogP contribution in [0.25, 0.3) is 10.2 Å². The Bertz CT molecular complexity index is 885. The Labute approximate surface area is 182 Å². The van der Waals surface area contributed by atoms with Gasteiger partial charge in [0.15, 0.2) is 0 Å². The number of aryl methyl sites for hydroxylation is 1. The molecule has 160 valence electrons. The van der Waals surface area contributed by atoms with Crippen molar-refractivity contribution < 1.29 is 9.59 Å². The van der Waals surface area contributed by atoms with Gasteiger partial charge in [-0.15, -0.1) is 23.7 Å². The lowest BCUT2D eigenvalue weighted by Crippen LogP contribution is -2.34. The number of carbonyl (C=O) groups is 2. The molecule has 0 bridgehead atoms. The SMILES string of the molecule is Cc1nn(C2CCCCC2)c2sc(C(=O)N[C@H]3CC[C@H](C(=O)N(C)C)C3)cc12.Cl. The summed E-state index contributed by atoms with van der Waals surface area (Å²) in [7, 11) is 3.59. The van der Waals surface area contributed by atoms with Gasteiger partial charge in [-0.3, -0.25) is 14.3 Å². The van der Waals surface area contributed by atoms with Gasteiger partial charge in [0.05, 0.1) is 16.6 Å². The number of nitrogens with zero attached hydrogens (tertiary/aromatic N) is 3. The van der Waals surface area contributed by atoms with Crippen LogP contribution in [-0.2, 0) is 4.79 Å². The third kappa shape index (κ3) is 4.45. The Morgan fingerprint density at radius 3 is 2.59 bits per heavy atom. The highest BCUT2D eigenvalue weighted by Gasteiger charge is 2.32. The fourth-order valence-corrected chi connectivity index (χ4v) is 5.85. The summed E-state index contributed by atoms with van der Waals surface area (Å²) in [6.45, 7) is 2.03. The smallest absolute Gasteiger partial charge is 0.261 e. The lowest BCUT2D eigenvalue weighted by molar-refractivity contribution is -0.132.